The third-order valence-corrected chi connectivity index (χ3v) is 5.21. The number of anilines is 2. The highest BCUT2D eigenvalue weighted by Crippen LogP contribution is 2.26. The number of hydrogen-bond acceptors (Lipinski definition) is 8. The molecule has 0 atom stereocenters. The van der Waals surface area contributed by atoms with Crippen LogP contribution in [0.15, 0.2) is 39.2 Å². The van der Waals surface area contributed by atoms with E-state index in [1.54, 1.807) is 6.92 Å². The number of hydrogen-bond donors (Lipinski definition) is 2. The normalized spacial score (nSPS) is 10.5. The van der Waals surface area contributed by atoms with Crippen LogP contribution in [0, 0.1) is 13.8 Å². The number of nitrogens with zero attached hydrogens (tertiary/aromatic N) is 3. The lowest BCUT2D eigenvalue weighted by Gasteiger charge is -2.06. The Morgan fingerprint density at radius 2 is 2.00 bits per heavy atom. The zero-order valence-electron chi connectivity index (χ0n) is 14.0. The highest BCUT2D eigenvalue weighted by atomic mass is 32.2. The summed E-state index contributed by atoms with van der Waals surface area (Å²) in [6, 6.07) is 9.09. The van der Waals surface area contributed by atoms with Crippen molar-refractivity contribution in [2.24, 2.45) is 0 Å². The summed E-state index contributed by atoms with van der Waals surface area (Å²) < 4.78 is 5.44. The molecule has 8 nitrogen and oxygen atoms in total. The van der Waals surface area contributed by atoms with Crippen molar-refractivity contribution in [3.8, 4) is 0 Å². The Balaban J connectivity index is 1.51. The average molecular weight is 389 g/mol. The van der Waals surface area contributed by atoms with E-state index in [-0.39, 0.29) is 17.4 Å². The molecule has 0 unspecified atom stereocenters. The Bertz CT molecular complexity index is 937. The van der Waals surface area contributed by atoms with Crippen LogP contribution in [0.5, 0.6) is 0 Å². The van der Waals surface area contributed by atoms with E-state index < -0.39 is 5.91 Å². The van der Waals surface area contributed by atoms with E-state index in [1.165, 1.54) is 29.2 Å². The molecule has 3 aromatic rings. The van der Waals surface area contributed by atoms with E-state index in [0.717, 1.165) is 11.3 Å². The third-order valence-electron chi connectivity index (χ3n) is 3.23. The molecule has 0 aliphatic rings. The van der Waals surface area contributed by atoms with Crippen LogP contribution < -0.4 is 10.6 Å². The van der Waals surface area contributed by atoms with Gasteiger partial charge in [0.15, 0.2) is 10.0 Å². The quantitative estimate of drug-likeness (QED) is 0.492. The maximum absolute atomic E-state index is 12.0. The van der Waals surface area contributed by atoms with E-state index in [1.807, 2.05) is 31.2 Å². The Kier molecular flexibility index (Phi) is 5.64. The van der Waals surface area contributed by atoms with Crippen molar-refractivity contribution in [2.45, 2.75) is 18.2 Å². The molecule has 2 aromatic heterocycles. The Morgan fingerprint density at radius 3 is 2.73 bits per heavy atom. The topological polar surface area (TPSA) is 110 Å². The second-order valence-corrected chi connectivity index (χ2v) is 7.50. The van der Waals surface area contributed by atoms with Crippen LogP contribution in [-0.4, -0.2) is 32.9 Å². The molecular formula is C16H15N5O3S2. The molecule has 26 heavy (non-hydrogen) atoms. The maximum atomic E-state index is 12.0. The van der Waals surface area contributed by atoms with Gasteiger partial charge in [0.05, 0.1) is 5.75 Å². The Morgan fingerprint density at radius 1 is 1.19 bits per heavy atom. The van der Waals surface area contributed by atoms with Gasteiger partial charge in [-0.25, -0.2) is 0 Å². The van der Waals surface area contributed by atoms with Crippen LogP contribution in [0.25, 0.3) is 0 Å². The van der Waals surface area contributed by atoms with Crippen molar-refractivity contribution in [1.82, 2.24) is 15.4 Å². The summed E-state index contributed by atoms with van der Waals surface area (Å²) in [4.78, 5) is 24.0. The van der Waals surface area contributed by atoms with Crippen molar-refractivity contribution < 1.29 is 14.1 Å². The van der Waals surface area contributed by atoms with E-state index in [4.69, 9.17) is 4.52 Å². The number of amides is 2. The molecule has 2 N–H and O–H groups in total. The molecule has 0 saturated carbocycles. The van der Waals surface area contributed by atoms with Gasteiger partial charge < -0.3 is 9.84 Å². The maximum Gasteiger partial charge on any atom is 0.279 e. The number of carbonyl (C=O) groups excluding carboxylic acids is 2. The predicted molar refractivity (Wildman–Crippen MR) is 99.6 cm³/mol. The van der Waals surface area contributed by atoms with E-state index >= 15 is 0 Å². The number of nitrogens with one attached hydrogen (secondary N) is 2. The molecule has 0 radical (unpaired) electrons. The first kappa shape index (κ1) is 18.1. The largest absolute Gasteiger partial charge is 0.361 e. The molecule has 0 aliphatic carbocycles. The number of para-hydroxylation sites is 1. The lowest BCUT2D eigenvalue weighted by molar-refractivity contribution is -0.113. The Labute approximate surface area is 157 Å². The molecule has 0 fully saturated rings. The van der Waals surface area contributed by atoms with Crippen LogP contribution in [0.4, 0.5) is 10.8 Å². The third kappa shape index (κ3) is 4.67. The molecule has 0 spiro atoms. The molecule has 2 heterocycles. The molecule has 3 rings (SSSR count). The second kappa shape index (κ2) is 8.11. The van der Waals surface area contributed by atoms with Crippen molar-refractivity contribution in [1.29, 1.82) is 0 Å². The van der Waals surface area contributed by atoms with Gasteiger partial charge in [-0.05, 0) is 25.5 Å². The molecule has 0 bridgehead atoms. The van der Waals surface area contributed by atoms with Crippen molar-refractivity contribution in [3.63, 3.8) is 0 Å². The van der Waals surface area contributed by atoms with Crippen molar-refractivity contribution in [2.75, 3.05) is 16.4 Å². The molecule has 10 heteroatoms. The first-order chi connectivity index (χ1) is 12.5. The first-order valence-electron chi connectivity index (χ1n) is 7.58. The van der Waals surface area contributed by atoms with Gasteiger partial charge >= 0.3 is 0 Å². The van der Waals surface area contributed by atoms with Crippen molar-refractivity contribution >= 4 is 45.7 Å². The second-order valence-electron chi connectivity index (χ2n) is 5.30. The molecule has 1 aromatic carbocycles. The van der Waals surface area contributed by atoms with Gasteiger partial charge in [-0.2, -0.15) is 0 Å². The van der Waals surface area contributed by atoms with Gasteiger partial charge in [0.2, 0.25) is 11.0 Å². The van der Waals surface area contributed by atoms with E-state index in [2.05, 4.69) is 26.0 Å². The highest BCUT2D eigenvalue weighted by Gasteiger charge is 2.15. The number of thioether (sulfide) groups is 1. The summed E-state index contributed by atoms with van der Waals surface area (Å²) in [7, 11) is 0. The lowest BCUT2D eigenvalue weighted by Crippen LogP contribution is -2.14. The average Bonchev–Trinajstić information content (AvgIpc) is 3.24. The van der Waals surface area contributed by atoms with E-state index in [0.29, 0.717) is 15.2 Å². The molecule has 134 valence electrons. The Hall–Kier alpha value is -2.72. The van der Waals surface area contributed by atoms with Gasteiger partial charge in [0, 0.05) is 11.8 Å². The smallest absolute Gasteiger partial charge is 0.279 e. The fourth-order valence-electron chi connectivity index (χ4n) is 1.98. The highest BCUT2D eigenvalue weighted by molar-refractivity contribution is 8.01. The van der Waals surface area contributed by atoms with Crippen LogP contribution in [0.3, 0.4) is 0 Å². The van der Waals surface area contributed by atoms with Gasteiger partial charge in [0.25, 0.3) is 5.91 Å². The van der Waals surface area contributed by atoms with Gasteiger partial charge in [-0.3, -0.25) is 14.9 Å². The number of carbonyl (C=O) groups is 2. The summed E-state index contributed by atoms with van der Waals surface area (Å²) in [5.41, 5.74) is 1.95. The SMILES string of the molecule is Cc1cc(C(=O)Nc2nnc(SCC(=O)Nc3ccccc3C)s2)no1. The minimum absolute atomic E-state index is 0.136. The first-order valence-corrected chi connectivity index (χ1v) is 9.38. The number of benzene rings is 1. The zero-order valence-corrected chi connectivity index (χ0v) is 15.6. The minimum Gasteiger partial charge on any atom is -0.361 e. The predicted octanol–water partition coefficient (Wildman–Crippen LogP) is 3.13. The van der Waals surface area contributed by atoms with Gasteiger partial charge in [-0.1, -0.05) is 46.5 Å². The molecule has 0 aliphatic heterocycles. The van der Waals surface area contributed by atoms with Crippen LogP contribution in [0.1, 0.15) is 21.8 Å². The monoisotopic (exact) mass is 389 g/mol. The fraction of sp³-hybridized carbons (Fsp3) is 0.188. The molecule has 2 amide bonds. The summed E-state index contributed by atoms with van der Waals surface area (Å²) in [5.74, 6) is 0.178. The molecule has 0 saturated heterocycles. The van der Waals surface area contributed by atoms with Gasteiger partial charge in [-0.15, -0.1) is 10.2 Å². The summed E-state index contributed by atoms with van der Waals surface area (Å²) in [5, 5.41) is 17.3. The number of rotatable bonds is 6. The van der Waals surface area contributed by atoms with Crippen LogP contribution in [-0.2, 0) is 4.79 Å². The lowest BCUT2D eigenvalue weighted by atomic mass is 10.2. The van der Waals surface area contributed by atoms with Gasteiger partial charge in [0.1, 0.15) is 5.76 Å². The van der Waals surface area contributed by atoms with Crippen LogP contribution in [0.2, 0.25) is 0 Å². The number of aryl methyl sites for hydroxylation is 2. The number of aromatic nitrogens is 3. The summed E-state index contributed by atoms with van der Waals surface area (Å²) in [6.07, 6.45) is 0. The van der Waals surface area contributed by atoms with Crippen molar-refractivity contribution in [3.05, 3.63) is 47.3 Å². The van der Waals surface area contributed by atoms with E-state index in [9.17, 15) is 9.59 Å². The standard InChI is InChI=1S/C16H15N5O3S2/c1-9-5-3-4-6-11(9)17-13(22)8-25-16-20-19-15(26-16)18-14(23)12-7-10(2)24-21-12/h3-7H,8H2,1-2H3,(H,17,22)(H,18,19,23). The zero-order chi connectivity index (χ0) is 18.5. The minimum atomic E-state index is -0.424. The van der Waals surface area contributed by atoms with Crippen LogP contribution >= 0.6 is 23.1 Å². The summed E-state index contributed by atoms with van der Waals surface area (Å²) in [6.45, 7) is 3.63. The summed E-state index contributed by atoms with van der Waals surface area (Å²) >= 11 is 2.43. The fourth-order valence-corrected chi connectivity index (χ4v) is 3.53. The molecular weight excluding hydrogens is 374 g/mol.